The lowest BCUT2D eigenvalue weighted by Gasteiger charge is -2.33. The summed E-state index contributed by atoms with van der Waals surface area (Å²) in [5, 5.41) is 10.1. The van der Waals surface area contributed by atoms with Crippen LogP contribution in [0.1, 0.15) is 68.2 Å². The van der Waals surface area contributed by atoms with Crippen LogP contribution in [0.5, 0.6) is 0 Å². The molecule has 2 aromatic rings. The van der Waals surface area contributed by atoms with Crippen LogP contribution in [0.2, 0.25) is 0 Å². The number of carbonyl (C=O) groups excluding carboxylic acids is 2. The lowest BCUT2D eigenvalue weighted by Crippen LogP contribution is -2.43. The van der Waals surface area contributed by atoms with Crippen LogP contribution < -0.4 is 16.4 Å². The van der Waals surface area contributed by atoms with Gasteiger partial charge >= 0.3 is 12.2 Å². The van der Waals surface area contributed by atoms with Gasteiger partial charge in [-0.2, -0.15) is 13.2 Å². The number of hydrogen-bond acceptors (Lipinski definition) is 5. The fourth-order valence-electron chi connectivity index (χ4n) is 5.51. The maximum atomic E-state index is 14.0. The number of thiophene rings is 1. The predicted molar refractivity (Wildman–Crippen MR) is 150 cm³/mol. The Balaban J connectivity index is 1.30. The van der Waals surface area contributed by atoms with Crippen molar-refractivity contribution in [1.82, 2.24) is 10.2 Å². The zero-order valence-electron chi connectivity index (χ0n) is 23.0. The average molecular weight is 599 g/mol. The molecule has 2 aliphatic rings. The van der Waals surface area contributed by atoms with E-state index in [2.05, 4.69) is 22.1 Å². The zero-order valence-corrected chi connectivity index (χ0v) is 23.9. The van der Waals surface area contributed by atoms with Crippen LogP contribution in [-0.4, -0.2) is 41.9 Å². The summed E-state index contributed by atoms with van der Waals surface area (Å²) in [6.45, 7) is 2.92. The summed E-state index contributed by atoms with van der Waals surface area (Å²) in [5.74, 6) is -3.87. The van der Waals surface area contributed by atoms with Gasteiger partial charge in [-0.25, -0.2) is 13.6 Å². The van der Waals surface area contributed by atoms with Crippen molar-refractivity contribution in [3.05, 3.63) is 56.8 Å². The smallest absolute Gasteiger partial charge is 0.398 e. The normalized spacial score (nSPS) is 18.8. The van der Waals surface area contributed by atoms with E-state index in [1.165, 1.54) is 12.5 Å². The lowest BCUT2D eigenvalue weighted by atomic mass is 9.91. The number of benzene rings is 1. The summed E-state index contributed by atoms with van der Waals surface area (Å²) in [6.07, 6.45) is 1.87. The molecule has 1 aliphatic heterocycles. The third kappa shape index (κ3) is 7.65. The minimum absolute atomic E-state index is 0.0377. The largest absolute Gasteiger partial charge is 0.418 e. The first-order chi connectivity index (χ1) is 19.2. The van der Waals surface area contributed by atoms with Gasteiger partial charge in [-0.05, 0) is 87.1 Å². The number of alkyl halides is 5. The lowest BCUT2D eigenvalue weighted by molar-refractivity contribution is -0.137. The summed E-state index contributed by atoms with van der Waals surface area (Å²) < 4.78 is 68.6. The number of urea groups is 1. The highest BCUT2D eigenvalue weighted by molar-refractivity contribution is 7.08. The third-order valence-corrected chi connectivity index (χ3v) is 8.59. The molecule has 1 unspecified atom stereocenters. The molecule has 2 amide bonds. The van der Waals surface area contributed by atoms with Gasteiger partial charge in [-0.3, -0.25) is 4.79 Å². The highest BCUT2D eigenvalue weighted by Crippen LogP contribution is 2.41. The molecule has 4 rings (SSSR count). The van der Waals surface area contributed by atoms with Crippen LogP contribution >= 0.6 is 11.3 Å². The number of Topliss-reactive ketones (excluding diaryl/α,β-unsaturated/α-hetero) is 1. The highest BCUT2D eigenvalue weighted by Gasteiger charge is 2.38. The molecule has 1 aromatic carbocycles. The molecule has 0 saturated heterocycles. The second kappa shape index (κ2) is 12.5. The van der Waals surface area contributed by atoms with Gasteiger partial charge in [0.05, 0.1) is 23.0 Å². The first-order valence-corrected chi connectivity index (χ1v) is 14.6. The molecule has 1 aromatic heterocycles. The van der Waals surface area contributed by atoms with Crippen molar-refractivity contribution < 1.29 is 31.5 Å². The Hall–Kier alpha value is -2.99. The second-order valence-electron chi connectivity index (χ2n) is 10.9. The van der Waals surface area contributed by atoms with Crippen molar-refractivity contribution in [2.24, 2.45) is 0 Å². The molecule has 1 aliphatic carbocycles. The third-order valence-electron chi connectivity index (χ3n) is 7.80. The Bertz CT molecular complexity index is 1270. The van der Waals surface area contributed by atoms with Crippen LogP contribution in [0.15, 0.2) is 34.5 Å². The average Bonchev–Trinajstić information content (AvgIpc) is 3.26. The number of carbonyl (C=O) groups is 2. The van der Waals surface area contributed by atoms with Crippen molar-refractivity contribution >= 4 is 34.5 Å². The van der Waals surface area contributed by atoms with E-state index in [0.717, 1.165) is 55.5 Å². The maximum Gasteiger partial charge on any atom is 0.418 e. The first kappa shape index (κ1) is 31.0. The molecule has 12 heteroatoms. The first-order valence-electron chi connectivity index (χ1n) is 13.7. The summed E-state index contributed by atoms with van der Waals surface area (Å²) >= 11 is 1.58. The standard InChI is InChI=1S/C29H35F5N4O2S/c1-17(39)24(14-19-12-22(28(2,30)31)26(35)23(13-19)29(32,33)34)36-10-3-4-18-5-7-21(8-6-18)38-11-9-20-15-41-16-25(20)37-27(38)40/h5,12-13,15-16,21,24,36H,3-4,6-11,14,35H2,1-2H3,(H,37,40)/t21?,24-/m1/s1. The van der Waals surface area contributed by atoms with Crippen molar-refractivity contribution in [3.8, 4) is 0 Å². The number of ketones is 1. The minimum Gasteiger partial charge on any atom is -0.398 e. The van der Waals surface area contributed by atoms with Gasteiger partial charge in [0.2, 0.25) is 0 Å². The number of hydrogen-bond donors (Lipinski definition) is 3. The molecule has 2 heterocycles. The van der Waals surface area contributed by atoms with E-state index < -0.39 is 35.0 Å². The molecule has 0 bridgehead atoms. The highest BCUT2D eigenvalue weighted by atomic mass is 32.1. The molecule has 41 heavy (non-hydrogen) atoms. The number of amides is 2. The van der Waals surface area contributed by atoms with Crippen molar-refractivity contribution in [2.45, 2.75) is 83.0 Å². The Morgan fingerprint density at radius 3 is 2.56 bits per heavy atom. The molecule has 224 valence electrons. The number of nitrogens with one attached hydrogen (secondary N) is 2. The van der Waals surface area contributed by atoms with Crippen molar-refractivity contribution in [3.63, 3.8) is 0 Å². The molecule has 0 spiro atoms. The number of anilines is 2. The molecule has 2 atom stereocenters. The maximum absolute atomic E-state index is 14.0. The van der Waals surface area contributed by atoms with Gasteiger partial charge in [0, 0.05) is 30.5 Å². The number of allylic oxidation sites excluding steroid dienone is 1. The molecule has 0 saturated carbocycles. The molecule has 4 N–H and O–H groups in total. The Labute approximate surface area is 240 Å². The van der Waals surface area contributed by atoms with Gasteiger partial charge < -0.3 is 21.3 Å². The van der Waals surface area contributed by atoms with Crippen LogP contribution in [0.3, 0.4) is 0 Å². The molecule has 6 nitrogen and oxygen atoms in total. The fraction of sp³-hybridized carbons (Fsp3) is 0.517. The molecular formula is C29H35F5N4O2S. The number of fused-ring (bicyclic) bond motifs is 1. The van der Waals surface area contributed by atoms with E-state index in [9.17, 15) is 31.5 Å². The topological polar surface area (TPSA) is 87.5 Å². The number of nitrogens with two attached hydrogens (primary N) is 1. The van der Waals surface area contributed by atoms with E-state index in [0.29, 0.717) is 26.4 Å². The van der Waals surface area contributed by atoms with Gasteiger partial charge in [0.25, 0.3) is 5.92 Å². The number of halogens is 5. The number of rotatable bonds is 10. The monoisotopic (exact) mass is 598 g/mol. The zero-order chi connectivity index (χ0) is 29.9. The Kier molecular flexibility index (Phi) is 9.42. The number of nitrogens with zero attached hydrogens (tertiary/aromatic N) is 1. The van der Waals surface area contributed by atoms with Crippen LogP contribution in [0.25, 0.3) is 0 Å². The molecule has 0 radical (unpaired) electrons. The van der Waals surface area contributed by atoms with Gasteiger partial charge in [-0.1, -0.05) is 11.6 Å². The second-order valence-corrected chi connectivity index (χ2v) is 11.6. The predicted octanol–water partition coefficient (Wildman–Crippen LogP) is 6.90. The van der Waals surface area contributed by atoms with E-state index in [1.807, 2.05) is 10.3 Å². The summed E-state index contributed by atoms with van der Waals surface area (Å²) in [7, 11) is 0. The molecular weight excluding hydrogens is 563 g/mol. The van der Waals surface area contributed by atoms with E-state index >= 15 is 0 Å². The Morgan fingerprint density at radius 1 is 1.20 bits per heavy atom. The molecule has 0 fully saturated rings. The van der Waals surface area contributed by atoms with Crippen LogP contribution in [-0.2, 0) is 29.7 Å². The van der Waals surface area contributed by atoms with E-state index in [4.69, 9.17) is 5.73 Å². The van der Waals surface area contributed by atoms with Gasteiger partial charge in [0.1, 0.15) is 5.78 Å². The summed E-state index contributed by atoms with van der Waals surface area (Å²) in [6, 6.07) is 0.937. The number of nitrogen functional groups attached to an aromatic ring is 1. The van der Waals surface area contributed by atoms with Crippen molar-refractivity contribution in [1.29, 1.82) is 0 Å². The quantitative estimate of drug-likeness (QED) is 0.120. The summed E-state index contributed by atoms with van der Waals surface area (Å²) in [5.41, 5.74) is 5.50. The Morgan fingerprint density at radius 2 is 1.93 bits per heavy atom. The van der Waals surface area contributed by atoms with Gasteiger partial charge in [0.15, 0.2) is 0 Å². The van der Waals surface area contributed by atoms with E-state index in [-0.39, 0.29) is 29.8 Å². The fourth-order valence-corrected chi connectivity index (χ4v) is 6.33. The van der Waals surface area contributed by atoms with Crippen LogP contribution in [0.4, 0.5) is 38.1 Å². The minimum atomic E-state index is -4.91. The van der Waals surface area contributed by atoms with E-state index in [1.54, 1.807) is 11.3 Å². The van der Waals surface area contributed by atoms with Crippen molar-refractivity contribution in [2.75, 3.05) is 24.1 Å². The summed E-state index contributed by atoms with van der Waals surface area (Å²) in [4.78, 5) is 26.9. The van der Waals surface area contributed by atoms with Crippen LogP contribution in [0, 0.1) is 0 Å². The SMILES string of the molecule is CC(=O)[C@@H](Cc1cc(C(C)(F)F)c(N)c(C(F)(F)F)c1)NCCCC1=CCC(N2CCc3cscc3NC2=O)CC1. The van der Waals surface area contributed by atoms with Gasteiger partial charge in [-0.15, -0.1) is 11.3 Å².